The largest absolute Gasteiger partial charge is 0.315 e. The summed E-state index contributed by atoms with van der Waals surface area (Å²) in [6.45, 7) is 7.42. The molecule has 1 aliphatic heterocycles. The first-order valence-corrected chi connectivity index (χ1v) is 7.13. The first-order chi connectivity index (χ1) is 7.70. The monoisotopic (exact) mass is 224 g/mol. The van der Waals surface area contributed by atoms with Gasteiger partial charge in [-0.2, -0.15) is 0 Å². The Morgan fingerprint density at radius 1 is 1.00 bits per heavy atom. The van der Waals surface area contributed by atoms with Crippen LogP contribution in [0.3, 0.4) is 0 Å². The van der Waals surface area contributed by atoms with Crippen LogP contribution in [-0.4, -0.2) is 36.6 Å². The Morgan fingerprint density at radius 2 is 1.56 bits per heavy atom. The summed E-state index contributed by atoms with van der Waals surface area (Å²) in [4.78, 5) is 2.81. The minimum Gasteiger partial charge on any atom is -0.315 e. The zero-order valence-corrected chi connectivity index (χ0v) is 11.3. The van der Waals surface area contributed by atoms with E-state index in [2.05, 4.69) is 31.1 Å². The second-order valence-electron chi connectivity index (χ2n) is 6.02. The molecule has 1 saturated carbocycles. The molecule has 0 aromatic heterocycles. The number of hydrogen-bond donors (Lipinski definition) is 1. The molecule has 94 valence electrons. The van der Waals surface area contributed by atoms with Crippen molar-refractivity contribution in [3.8, 4) is 0 Å². The highest BCUT2D eigenvalue weighted by atomic mass is 15.2. The van der Waals surface area contributed by atoms with Gasteiger partial charge in [0.1, 0.15) is 0 Å². The predicted octanol–water partition coefficient (Wildman–Crippen LogP) is 2.64. The number of likely N-dealkylation sites (N-methyl/N-ethyl adjacent to an activating group) is 1. The lowest BCUT2D eigenvalue weighted by atomic mass is 9.80. The smallest absolute Gasteiger partial charge is 0.0364 e. The van der Waals surface area contributed by atoms with Gasteiger partial charge >= 0.3 is 0 Å². The molecule has 0 aromatic rings. The molecule has 0 amide bonds. The van der Waals surface area contributed by atoms with Crippen molar-refractivity contribution in [2.75, 3.05) is 20.1 Å². The standard InChI is InChI=1S/C14H28N2/c1-12(2)13(15-3)14(8-4-5-9-14)16-10-6-7-11-16/h12-13,15H,4-11H2,1-3H3. The molecule has 1 N–H and O–H groups in total. The Balaban J connectivity index is 2.19. The minimum atomic E-state index is 0.486. The minimum absolute atomic E-state index is 0.486. The van der Waals surface area contributed by atoms with E-state index in [0.29, 0.717) is 11.6 Å². The van der Waals surface area contributed by atoms with E-state index in [-0.39, 0.29) is 0 Å². The van der Waals surface area contributed by atoms with E-state index in [1.54, 1.807) is 0 Å². The summed E-state index contributed by atoms with van der Waals surface area (Å²) in [5.41, 5.74) is 0.486. The molecule has 2 fully saturated rings. The van der Waals surface area contributed by atoms with Gasteiger partial charge < -0.3 is 5.32 Å². The van der Waals surface area contributed by atoms with Crippen molar-refractivity contribution in [1.82, 2.24) is 10.2 Å². The molecule has 0 aromatic carbocycles. The fourth-order valence-corrected chi connectivity index (χ4v) is 4.20. The number of hydrogen-bond acceptors (Lipinski definition) is 2. The number of rotatable bonds is 4. The Bertz CT molecular complexity index is 213. The van der Waals surface area contributed by atoms with Crippen LogP contribution in [0, 0.1) is 5.92 Å². The molecular formula is C14H28N2. The average Bonchev–Trinajstić information content (AvgIpc) is 2.88. The first kappa shape index (κ1) is 12.4. The van der Waals surface area contributed by atoms with Crippen LogP contribution in [0.4, 0.5) is 0 Å². The highest BCUT2D eigenvalue weighted by molar-refractivity contribution is 5.05. The van der Waals surface area contributed by atoms with Gasteiger partial charge in [0, 0.05) is 11.6 Å². The maximum Gasteiger partial charge on any atom is 0.0364 e. The first-order valence-electron chi connectivity index (χ1n) is 7.13. The summed E-state index contributed by atoms with van der Waals surface area (Å²) in [7, 11) is 2.15. The maximum absolute atomic E-state index is 3.62. The third-order valence-electron chi connectivity index (χ3n) is 4.76. The van der Waals surface area contributed by atoms with Gasteiger partial charge in [-0.1, -0.05) is 26.7 Å². The molecule has 0 spiro atoms. The Labute approximate surface area is 101 Å². The van der Waals surface area contributed by atoms with Gasteiger partial charge in [0.2, 0.25) is 0 Å². The molecule has 16 heavy (non-hydrogen) atoms. The predicted molar refractivity (Wildman–Crippen MR) is 69.7 cm³/mol. The zero-order chi connectivity index (χ0) is 11.6. The lowest BCUT2D eigenvalue weighted by Gasteiger charge is -2.47. The van der Waals surface area contributed by atoms with E-state index in [0.717, 1.165) is 5.92 Å². The van der Waals surface area contributed by atoms with Gasteiger partial charge in [0.15, 0.2) is 0 Å². The molecule has 0 bridgehead atoms. The van der Waals surface area contributed by atoms with Crippen molar-refractivity contribution in [1.29, 1.82) is 0 Å². The third kappa shape index (κ3) is 2.02. The molecule has 2 heteroatoms. The maximum atomic E-state index is 3.62. The van der Waals surface area contributed by atoms with Crippen molar-refractivity contribution in [3.05, 3.63) is 0 Å². The van der Waals surface area contributed by atoms with Gasteiger partial charge in [-0.3, -0.25) is 4.90 Å². The van der Waals surface area contributed by atoms with Gasteiger partial charge in [-0.15, -0.1) is 0 Å². The lowest BCUT2D eigenvalue weighted by Crippen LogP contribution is -2.60. The molecular weight excluding hydrogens is 196 g/mol. The zero-order valence-electron chi connectivity index (χ0n) is 11.3. The Morgan fingerprint density at radius 3 is 2.00 bits per heavy atom. The van der Waals surface area contributed by atoms with Gasteiger partial charge in [0.25, 0.3) is 0 Å². The van der Waals surface area contributed by atoms with Crippen LogP contribution in [-0.2, 0) is 0 Å². The van der Waals surface area contributed by atoms with Crippen molar-refractivity contribution in [3.63, 3.8) is 0 Å². The molecule has 1 aliphatic carbocycles. The highest BCUT2D eigenvalue weighted by Crippen LogP contribution is 2.41. The molecule has 1 saturated heterocycles. The molecule has 2 nitrogen and oxygen atoms in total. The summed E-state index contributed by atoms with van der Waals surface area (Å²) in [6.07, 6.45) is 8.52. The Kier molecular flexibility index (Phi) is 3.91. The van der Waals surface area contributed by atoms with Gasteiger partial charge in [-0.25, -0.2) is 0 Å². The second-order valence-corrected chi connectivity index (χ2v) is 6.02. The van der Waals surface area contributed by atoms with E-state index < -0.39 is 0 Å². The van der Waals surface area contributed by atoms with Gasteiger partial charge in [0.05, 0.1) is 0 Å². The number of likely N-dealkylation sites (tertiary alicyclic amines) is 1. The molecule has 2 rings (SSSR count). The number of nitrogens with one attached hydrogen (secondary N) is 1. The van der Waals surface area contributed by atoms with E-state index in [9.17, 15) is 0 Å². The molecule has 1 unspecified atom stereocenters. The fraction of sp³-hybridized carbons (Fsp3) is 1.00. The normalized spacial score (nSPS) is 27.8. The quantitative estimate of drug-likeness (QED) is 0.790. The molecule has 1 atom stereocenters. The SMILES string of the molecule is CNC(C(C)C)C1(N2CCCC2)CCCC1. The van der Waals surface area contributed by atoms with Crippen molar-refractivity contribution >= 4 is 0 Å². The summed E-state index contributed by atoms with van der Waals surface area (Å²) >= 11 is 0. The van der Waals surface area contributed by atoms with Crippen LogP contribution in [0.2, 0.25) is 0 Å². The fourth-order valence-electron chi connectivity index (χ4n) is 4.20. The molecule has 0 radical (unpaired) electrons. The summed E-state index contributed by atoms with van der Waals surface area (Å²) in [5, 5.41) is 3.62. The van der Waals surface area contributed by atoms with E-state index >= 15 is 0 Å². The van der Waals surface area contributed by atoms with E-state index in [1.165, 1.54) is 51.6 Å². The second kappa shape index (κ2) is 5.05. The highest BCUT2D eigenvalue weighted by Gasteiger charge is 2.46. The third-order valence-corrected chi connectivity index (χ3v) is 4.76. The van der Waals surface area contributed by atoms with Crippen LogP contribution < -0.4 is 5.32 Å². The van der Waals surface area contributed by atoms with Crippen LogP contribution in [0.1, 0.15) is 52.4 Å². The van der Waals surface area contributed by atoms with Crippen LogP contribution in [0.15, 0.2) is 0 Å². The summed E-state index contributed by atoms with van der Waals surface area (Å²) < 4.78 is 0. The van der Waals surface area contributed by atoms with Crippen LogP contribution in [0.5, 0.6) is 0 Å². The van der Waals surface area contributed by atoms with Crippen LogP contribution >= 0.6 is 0 Å². The van der Waals surface area contributed by atoms with Crippen molar-refractivity contribution in [2.45, 2.75) is 64.0 Å². The van der Waals surface area contributed by atoms with E-state index in [1.807, 2.05) is 0 Å². The van der Waals surface area contributed by atoms with Gasteiger partial charge in [-0.05, 0) is 51.7 Å². The molecule has 2 aliphatic rings. The lowest BCUT2D eigenvalue weighted by molar-refractivity contribution is 0.0607. The topological polar surface area (TPSA) is 15.3 Å². The molecule has 1 heterocycles. The van der Waals surface area contributed by atoms with Crippen molar-refractivity contribution < 1.29 is 0 Å². The van der Waals surface area contributed by atoms with Crippen molar-refractivity contribution in [2.24, 2.45) is 5.92 Å². The summed E-state index contributed by atoms with van der Waals surface area (Å²) in [6, 6.07) is 0.674. The summed E-state index contributed by atoms with van der Waals surface area (Å²) in [5.74, 6) is 0.740. The number of nitrogens with zero attached hydrogens (tertiary/aromatic N) is 1. The Hall–Kier alpha value is -0.0800. The van der Waals surface area contributed by atoms with Crippen LogP contribution in [0.25, 0.3) is 0 Å². The average molecular weight is 224 g/mol. The van der Waals surface area contributed by atoms with E-state index in [4.69, 9.17) is 0 Å².